The molecule has 0 aliphatic carbocycles. The number of nitrogens with two attached hydrogens (primary N) is 1. The molecule has 0 spiro atoms. The van der Waals surface area contributed by atoms with Gasteiger partial charge in [0, 0.05) is 29.8 Å². The first-order valence-corrected chi connectivity index (χ1v) is 7.45. The highest BCUT2D eigenvalue weighted by Gasteiger charge is 2.15. The molecule has 2 aromatic rings. The zero-order valence-corrected chi connectivity index (χ0v) is 13.6. The fraction of sp³-hybridized carbons (Fsp3) is 0.250. The molecular formula is C16H19Cl2N3. The Labute approximate surface area is 135 Å². The minimum absolute atomic E-state index is 0.0534. The Kier molecular flexibility index (Phi) is 5.48. The number of nitrogens with zero attached hydrogens (tertiary/aromatic N) is 1. The fourth-order valence-electron chi connectivity index (χ4n) is 2.22. The SMILES string of the molecule is CN(C)c1cccc(C(Cc2c(Cl)cccc2Cl)NN)c1. The van der Waals surface area contributed by atoms with Crippen LogP contribution in [0.25, 0.3) is 0 Å². The zero-order chi connectivity index (χ0) is 15.4. The molecule has 2 rings (SSSR count). The van der Waals surface area contributed by atoms with Crippen molar-refractivity contribution in [1.29, 1.82) is 0 Å². The molecule has 2 aromatic carbocycles. The maximum absolute atomic E-state index is 6.24. The Balaban J connectivity index is 2.30. The normalized spacial score (nSPS) is 12.2. The van der Waals surface area contributed by atoms with Crippen molar-refractivity contribution in [2.24, 2.45) is 5.84 Å². The molecule has 1 unspecified atom stereocenters. The van der Waals surface area contributed by atoms with E-state index in [1.54, 1.807) is 0 Å². The Morgan fingerprint density at radius 3 is 2.29 bits per heavy atom. The Morgan fingerprint density at radius 1 is 1.10 bits per heavy atom. The van der Waals surface area contributed by atoms with E-state index in [1.807, 2.05) is 44.4 Å². The van der Waals surface area contributed by atoms with Gasteiger partial charge in [-0.05, 0) is 41.8 Å². The van der Waals surface area contributed by atoms with Crippen LogP contribution in [0.2, 0.25) is 10.0 Å². The molecule has 0 aliphatic rings. The Bertz CT molecular complexity index is 594. The zero-order valence-electron chi connectivity index (χ0n) is 12.1. The predicted molar refractivity (Wildman–Crippen MR) is 91.0 cm³/mol. The summed E-state index contributed by atoms with van der Waals surface area (Å²) in [5.41, 5.74) is 5.97. The minimum Gasteiger partial charge on any atom is -0.378 e. The van der Waals surface area contributed by atoms with Gasteiger partial charge in [-0.15, -0.1) is 0 Å². The lowest BCUT2D eigenvalue weighted by Crippen LogP contribution is -2.30. The van der Waals surface area contributed by atoms with Crippen LogP contribution in [0.15, 0.2) is 42.5 Å². The quantitative estimate of drug-likeness (QED) is 0.649. The number of nitrogens with one attached hydrogen (secondary N) is 1. The Hall–Kier alpha value is -1.26. The summed E-state index contributed by atoms with van der Waals surface area (Å²) >= 11 is 12.5. The van der Waals surface area contributed by atoms with Gasteiger partial charge < -0.3 is 4.90 Å². The van der Waals surface area contributed by atoms with E-state index in [9.17, 15) is 0 Å². The van der Waals surface area contributed by atoms with Crippen molar-refractivity contribution >= 4 is 28.9 Å². The van der Waals surface area contributed by atoms with Crippen LogP contribution < -0.4 is 16.2 Å². The molecule has 0 aliphatic heterocycles. The molecule has 0 fully saturated rings. The first kappa shape index (κ1) is 16.1. The van der Waals surface area contributed by atoms with Crippen LogP contribution in [-0.4, -0.2) is 14.1 Å². The van der Waals surface area contributed by atoms with Gasteiger partial charge in [-0.1, -0.05) is 41.4 Å². The molecule has 3 N–H and O–H groups in total. The van der Waals surface area contributed by atoms with Gasteiger partial charge in [-0.25, -0.2) is 0 Å². The summed E-state index contributed by atoms with van der Waals surface area (Å²) in [6.07, 6.45) is 0.631. The summed E-state index contributed by atoms with van der Waals surface area (Å²) in [7, 11) is 4.02. The van der Waals surface area contributed by atoms with Crippen LogP contribution in [0.3, 0.4) is 0 Å². The standard InChI is InChI=1S/C16H19Cl2N3/c1-21(2)12-6-3-5-11(9-12)16(20-19)10-13-14(17)7-4-8-15(13)18/h3-9,16,20H,10,19H2,1-2H3. The summed E-state index contributed by atoms with van der Waals surface area (Å²) in [4.78, 5) is 2.06. The highest BCUT2D eigenvalue weighted by molar-refractivity contribution is 6.36. The fourth-order valence-corrected chi connectivity index (χ4v) is 2.78. The van der Waals surface area contributed by atoms with Gasteiger partial charge in [0.2, 0.25) is 0 Å². The summed E-state index contributed by atoms with van der Waals surface area (Å²) in [5, 5.41) is 1.32. The average Bonchev–Trinajstić information content (AvgIpc) is 2.47. The van der Waals surface area contributed by atoms with Crippen molar-refractivity contribution in [3.05, 3.63) is 63.6 Å². The number of hydrogen-bond donors (Lipinski definition) is 2. The average molecular weight is 324 g/mol. The predicted octanol–water partition coefficient (Wildman–Crippen LogP) is 3.81. The van der Waals surface area contributed by atoms with Gasteiger partial charge in [0.25, 0.3) is 0 Å². The molecule has 1 atom stereocenters. The third kappa shape index (κ3) is 3.89. The lowest BCUT2D eigenvalue weighted by molar-refractivity contribution is 0.552. The number of benzene rings is 2. The van der Waals surface area contributed by atoms with Crippen molar-refractivity contribution in [2.45, 2.75) is 12.5 Å². The van der Waals surface area contributed by atoms with Crippen LogP contribution in [0.4, 0.5) is 5.69 Å². The van der Waals surface area contributed by atoms with Gasteiger partial charge in [-0.3, -0.25) is 11.3 Å². The largest absolute Gasteiger partial charge is 0.378 e. The molecule has 0 saturated carbocycles. The third-order valence-corrected chi connectivity index (χ3v) is 4.17. The first-order valence-electron chi connectivity index (χ1n) is 6.69. The van der Waals surface area contributed by atoms with E-state index in [4.69, 9.17) is 29.0 Å². The number of hydrazine groups is 1. The molecular weight excluding hydrogens is 305 g/mol. The molecule has 112 valence electrons. The maximum Gasteiger partial charge on any atom is 0.0502 e. The second-order valence-electron chi connectivity index (χ2n) is 5.11. The van der Waals surface area contributed by atoms with E-state index in [-0.39, 0.29) is 6.04 Å². The van der Waals surface area contributed by atoms with Crippen LogP contribution in [0.5, 0.6) is 0 Å². The smallest absolute Gasteiger partial charge is 0.0502 e. The molecule has 3 nitrogen and oxygen atoms in total. The highest BCUT2D eigenvalue weighted by Crippen LogP contribution is 2.30. The van der Waals surface area contributed by atoms with Crippen LogP contribution in [0.1, 0.15) is 17.2 Å². The summed E-state index contributed by atoms with van der Waals surface area (Å²) in [6, 6.07) is 13.7. The molecule has 0 amide bonds. The monoisotopic (exact) mass is 323 g/mol. The number of hydrogen-bond acceptors (Lipinski definition) is 3. The van der Waals surface area contributed by atoms with E-state index in [1.165, 1.54) is 0 Å². The van der Waals surface area contributed by atoms with Gasteiger partial charge in [0.15, 0.2) is 0 Å². The molecule has 0 heterocycles. The lowest BCUT2D eigenvalue weighted by atomic mass is 9.98. The van der Waals surface area contributed by atoms with Gasteiger partial charge in [0.05, 0.1) is 6.04 Å². The van der Waals surface area contributed by atoms with Gasteiger partial charge in [0.1, 0.15) is 0 Å². The van der Waals surface area contributed by atoms with Crippen LogP contribution in [0, 0.1) is 0 Å². The van der Waals surface area contributed by atoms with E-state index < -0.39 is 0 Å². The summed E-state index contributed by atoms with van der Waals surface area (Å²) in [6.45, 7) is 0. The molecule has 21 heavy (non-hydrogen) atoms. The molecule has 0 aromatic heterocycles. The molecule has 0 radical (unpaired) electrons. The van der Waals surface area contributed by atoms with Crippen LogP contribution in [-0.2, 0) is 6.42 Å². The summed E-state index contributed by atoms with van der Waals surface area (Å²) in [5.74, 6) is 5.73. The molecule has 0 saturated heterocycles. The number of rotatable bonds is 5. The van der Waals surface area contributed by atoms with Gasteiger partial charge in [-0.2, -0.15) is 0 Å². The second-order valence-corrected chi connectivity index (χ2v) is 5.93. The Morgan fingerprint density at radius 2 is 1.71 bits per heavy atom. The van der Waals surface area contributed by atoms with E-state index >= 15 is 0 Å². The van der Waals surface area contributed by atoms with E-state index in [2.05, 4.69) is 22.5 Å². The van der Waals surface area contributed by atoms with E-state index in [0.29, 0.717) is 16.5 Å². The highest BCUT2D eigenvalue weighted by atomic mass is 35.5. The first-order chi connectivity index (χ1) is 10.0. The number of halogens is 2. The van der Waals surface area contributed by atoms with Crippen molar-refractivity contribution in [3.63, 3.8) is 0 Å². The minimum atomic E-state index is -0.0534. The maximum atomic E-state index is 6.24. The number of anilines is 1. The third-order valence-electron chi connectivity index (χ3n) is 3.46. The second kappa shape index (κ2) is 7.14. The van der Waals surface area contributed by atoms with Crippen molar-refractivity contribution in [3.8, 4) is 0 Å². The van der Waals surface area contributed by atoms with Crippen molar-refractivity contribution < 1.29 is 0 Å². The topological polar surface area (TPSA) is 41.3 Å². The lowest BCUT2D eigenvalue weighted by Gasteiger charge is -2.20. The van der Waals surface area contributed by atoms with E-state index in [0.717, 1.165) is 16.8 Å². The summed E-state index contributed by atoms with van der Waals surface area (Å²) < 4.78 is 0. The molecule has 0 bridgehead atoms. The van der Waals surface area contributed by atoms with Crippen LogP contribution >= 0.6 is 23.2 Å². The van der Waals surface area contributed by atoms with Crippen molar-refractivity contribution in [2.75, 3.05) is 19.0 Å². The van der Waals surface area contributed by atoms with Gasteiger partial charge >= 0.3 is 0 Å². The van der Waals surface area contributed by atoms with Crippen molar-refractivity contribution in [1.82, 2.24) is 5.43 Å². The molecule has 5 heteroatoms.